The van der Waals surface area contributed by atoms with E-state index in [9.17, 15) is 0 Å². The standard InChI is InChI=1S/C16H13Cl3N4O/c17-13-2-4-16(12(6-13)7-22-23-9-20-21-10-23)24-8-11-1-3-14(18)15(19)5-11/h1-6,9-10,22H,7-8H2. The van der Waals surface area contributed by atoms with E-state index in [0.717, 1.165) is 16.9 Å². The summed E-state index contributed by atoms with van der Waals surface area (Å²) in [7, 11) is 0. The summed E-state index contributed by atoms with van der Waals surface area (Å²) in [5.41, 5.74) is 4.98. The van der Waals surface area contributed by atoms with Crippen LogP contribution in [0.5, 0.6) is 5.75 Å². The van der Waals surface area contributed by atoms with Crippen molar-refractivity contribution in [3.8, 4) is 5.75 Å². The van der Waals surface area contributed by atoms with Gasteiger partial charge in [0.25, 0.3) is 0 Å². The van der Waals surface area contributed by atoms with Crippen molar-refractivity contribution in [3.63, 3.8) is 0 Å². The van der Waals surface area contributed by atoms with Gasteiger partial charge in [-0.2, -0.15) is 0 Å². The molecule has 0 spiro atoms. The first kappa shape index (κ1) is 16.9. The molecule has 1 aromatic heterocycles. The molecule has 0 saturated carbocycles. The van der Waals surface area contributed by atoms with Crippen LogP contribution in [0.4, 0.5) is 0 Å². The number of benzene rings is 2. The number of halogens is 3. The molecule has 2 aromatic carbocycles. The topological polar surface area (TPSA) is 52.0 Å². The lowest BCUT2D eigenvalue weighted by Gasteiger charge is -2.13. The van der Waals surface area contributed by atoms with Gasteiger partial charge in [0.15, 0.2) is 0 Å². The Morgan fingerprint density at radius 2 is 1.75 bits per heavy atom. The molecule has 0 aliphatic heterocycles. The van der Waals surface area contributed by atoms with Gasteiger partial charge in [0.05, 0.1) is 16.6 Å². The molecule has 0 saturated heterocycles. The van der Waals surface area contributed by atoms with E-state index in [1.165, 1.54) is 0 Å². The summed E-state index contributed by atoms with van der Waals surface area (Å²) in [6.45, 7) is 0.882. The van der Waals surface area contributed by atoms with E-state index in [-0.39, 0.29) is 0 Å². The van der Waals surface area contributed by atoms with Crippen LogP contribution >= 0.6 is 34.8 Å². The van der Waals surface area contributed by atoms with Gasteiger partial charge in [-0.05, 0) is 35.9 Å². The number of rotatable bonds is 6. The van der Waals surface area contributed by atoms with Gasteiger partial charge in [-0.25, -0.2) is 4.68 Å². The molecule has 5 nitrogen and oxygen atoms in total. The van der Waals surface area contributed by atoms with E-state index >= 15 is 0 Å². The van der Waals surface area contributed by atoms with E-state index < -0.39 is 0 Å². The van der Waals surface area contributed by atoms with Gasteiger partial charge in [-0.3, -0.25) is 0 Å². The summed E-state index contributed by atoms with van der Waals surface area (Å²) in [4.78, 5) is 0. The minimum absolute atomic E-state index is 0.373. The molecule has 0 fully saturated rings. The summed E-state index contributed by atoms with van der Waals surface area (Å²) >= 11 is 18.0. The minimum atomic E-state index is 0.373. The molecule has 1 N–H and O–H groups in total. The third-order valence-electron chi connectivity index (χ3n) is 3.27. The number of nitrogens with zero attached hydrogens (tertiary/aromatic N) is 3. The summed E-state index contributed by atoms with van der Waals surface area (Å²) < 4.78 is 7.56. The van der Waals surface area contributed by atoms with Crippen molar-refractivity contribution in [3.05, 3.63) is 75.2 Å². The second-order valence-corrected chi connectivity index (χ2v) is 6.24. The number of nitrogens with one attached hydrogen (secondary N) is 1. The third kappa shape index (κ3) is 4.32. The Bertz CT molecular complexity index is 824. The highest BCUT2D eigenvalue weighted by atomic mass is 35.5. The lowest BCUT2D eigenvalue weighted by molar-refractivity contribution is 0.303. The largest absolute Gasteiger partial charge is 0.489 e. The smallest absolute Gasteiger partial charge is 0.138 e. The molecule has 0 aliphatic carbocycles. The van der Waals surface area contributed by atoms with Gasteiger partial charge in [0, 0.05) is 10.6 Å². The molecule has 3 rings (SSSR count). The van der Waals surface area contributed by atoms with Crippen LogP contribution in [0, 0.1) is 0 Å². The highest BCUT2D eigenvalue weighted by molar-refractivity contribution is 6.42. The number of hydrogen-bond acceptors (Lipinski definition) is 4. The molecule has 3 aromatic rings. The van der Waals surface area contributed by atoms with Crippen molar-refractivity contribution < 1.29 is 4.74 Å². The molecule has 0 aliphatic rings. The maximum atomic E-state index is 6.09. The fourth-order valence-electron chi connectivity index (χ4n) is 2.08. The quantitative estimate of drug-likeness (QED) is 0.678. The SMILES string of the molecule is Clc1ccc(OCc2ccc(Cl)c(Cl)c2)c(CNn2cnnc2)c1. The Hall–Kier alpha value is -1.95. The lowest BCUT2D eigenvalue weighted by Crippen LogP contribution is -2.13. The van der Waals surface area contributed by atoms with Crippen LogP contribution in [0.3, 0.4) is 0 Å². The van der Waals surface area contributed by atoms with Crippen LogP contribution < -0.4 is 10.2 Å². The Balaban J connectivity index is 1.71. The molecule has 0 amide bonds. The van der Waals surface area contributed by atoms with Crippen molar-refractivity contribution in [2.75, 3.05) is 5.43 Å². The second kappa shape index (κ2) is 7.75. The van der Waals surface area contributed by atoms with E-state index in [0.29, 0.717) is 28.2 Å². The molecule has 0 bridgehead atoms. The molecular weight excluding hydrogens is 371 g/mol. The maximum absolute atomic E-state index is 6.09. The first-order chi connectivity index (χ1) is 11.6. The van der Waals surface area contributed by atoms with E-state index in [1.54, 1.807) is 35.5 Å². The van der Waals surface area contributed by atoms with Crippen molar-refractivity contribution in [2.45, 2.75) is 13.2 Å². The van der Waals surface area contributed by atoms with Gasteiger partial charge in [-0.15, -0.1) is 10.2 Å². The second-order valence-electron chi connectivity index (χ2n) is 4.99. The Morgan fingerprint density at radius 1 is 0.958 bits per heavy atom. The lowest BCUT2D eigenvalue weighted by atomic mass is 10.2. The van der Waals surface area contributed by atoms with Gasteiger partial charge in [0.1, 0.15) is 25.0 Å². The highest BCUT2D eigenvalue weighted by Crippen LogP contribution is 2.26. The Labute approximate surface area is 154 Å². The van der Waals surface area contributed by atoms with Crippen LogP contribution in [0.25, 0.3) is 0 Å². The van der Waals surface area contributed by atoms with Crippen molar-refractivity contribution in [2.24, 2.45) is 0 Å². The fraction of sp³-hybridized carbons (Fsp3) is 0.125. The zero-order valence-electron chi connectivity index (χ0n) is 12.4. The van der Waals surface area contributed by atoms with Crippen LogP contribution in [0.1, 0.15) is 11.1 Å². The highest BCUT2D eigenvalue weighted by Gasteiger charge is 2.07. The molecule has 1 heterocycles. The van der Waals surface area contributed by atoms with E-state index in [1.807, 2.05) is 18.2 Å². The third-order valence-corrected chi connectivity index (χ3v) is 4.25. The molecule has 0 atom stereocenters. The molecular formula is C16H13Cl3N4O. The maximum Gasteiger partial charge on any atom is 0.138 e. The van der Waals surface area contributed by atoms with E-state index in [2.05, 4.69) is 15.6 Å². The van der Waals surface area contributed by atoms with Crippen molar-refractivity contribution >= 4 is 34.8 Å². The van der Waals surface area contributed by atoms with Crippen LogP contribution in [0.15, 0.2) is 49.1 Å². The normalized spacial score (nSPS) is 10.6. The zero-order chi connectivity index (χ0) is 16.9. The Kier molecular flexibility index (Phi) is 5.45. The van der Waals surface area contributed by atoms with Gasteiger partial charge in [-0.1, -0.05) is 40.9 Å². The van der Waals surface area contributed by atoms with Crippen LogP contribution in [0.2, 0.25) is 15.1 Å². The predicted octanol–water partition coefficient (Wildman–Crippen LogP) is 4.56. The molecule has 24 heavy (non-hydrogen) atoms. The summed E-state index contributed by atoms with van der Waals surface area (Å²) in [5.74, 6) is 0.728. The number of ether oxygens (including phenoxy) is 1. The molecule has 0 unspecified atom stereocenters. The number of hydrogen-bond donors (Lipinski definition) is 1. The average Bonchev–Trinajstić information content (AvgIpc) is 3.08. The average molecular weight is 384 g/mol. The fourth-order valence-corrected chi connectivity index (χ4v) is 2.59. The molecule has 8 heteroatoms. The van der Waals surface area contributed by atoms with Gasteiger partial charge in [0.2, 0.25) is 0 Å². The van der Waals surface area contributed by atoms with Crippen LogP contribution in [-0.4, -0.2) is 14.9 Å². The summed E-state index contributed by atoms with van der Waals surface area (Å²) in [5, 5.41) is 9.13. The predicted molar refractivity (Wildman–Crippen MR) is 95.3 cm³/mol. The van der Waals surface area contributed by atoms with Crippen molar-refractivity contribution in [1.82, 2.24) is 14.9 Å². The summed E-state index contributed by atoms with van der Waals surface area (Å²) in [6.07, 6.45) is 3.14. The molecule has 124 valence electrons. The first-order valence-corrected chi connectivity index (χ1v) is 8.19. The molecule has 0 radical (unpaired) electrons. The van der Waals surface area contributed by atoms with E-state index in [4.69, 9.17) is 39.5 Å². The van der Waals surface area contributed by atoms with Crippen LogP contribution in [-0.2, 0) is 13.2 Å². The number of aromatic nitrogens is 3. The zero-order valence-corrected chi connectivity index (χ0v) is 14.7. The minimum Gasteiger partial charge on any atom is -0.489 e. The Morgan fingerprint density at radius 3 is 2.50 bits per heavy atom. The monoisotopic (exact) mass is 382 g/mol. The first-order valence-electron chi connectivity index (χ1n) is 7.05. The van der Waals surface area contributed by atoms with Gasteiger partial charge >= 0.3 is 0 Å². The van der Waals surface area contributed by atoms with Crippen molar-refractivity contribution in [1.29, 1.82) is 0 Å². The summed E-state index contributed by atoms with van der Waals surface area (Å²) in [6, 6.07) is 10.9. The van der Waals surface area contributed by atoms with Gasteiger partial charge < -0.3 is 10.2 Å².